The summed E-state index contributed by atoms with van der Waals surface area (Å²) in [5, 5.41) is 3.44. The molecule has 0 spiro atoms. The van der Waals surface area contributed by atoms with E-state index < -0.39 is 0 Å². The topological polar surface area (TPSA) is 15.3 Å². The van der Waals surface area contributed by atoms with Crippen LogP contribution in [-0.4, -0.2) is 49.6 Å². The van der Waals surface area contributed by atoms with E-state index in [1.165, 1.54) is 63.1 Å². The Morgan fingerprint density at radius 1 is 1.29 bits per heavy atom. The minimum atomic E-state index is 0.564. The molecule has 1 atom stereocenters. The van der Waals surface area contributed by atoms with Crippen molar-refractivity contribution in [3.05, 3.63) is 0 Å². The minimum Gasteiger partial charge on any atom is -0.319 e. The number of rotatable bonds is 5. The Bertz CT molecular complexity index is 215. The number of thioether (sulfide) groups is 1. The van der Waals surface area contributed by atoms with Crippen molar-refractivity contribution >= 4 is 11.8 Å². The van der Waals surface area contributed by atoms with Gasteiger partial charge in [0, 0.05) is 24.9 Å². The van der Waals surface area contributed by atoms with Crippen LogP contribution >= 0.6 is 11.8 Å². The first-order valence-electron chi connectivity index (χ1n) is 7.18. The fourth-order valence-corrected chi connectivity index (χ4v) is 4.89. The van der Waals surface area contributed by atoms with E-state index in [1.807, 2.05) is 0 Å². The second-order valence-electron chi connectivity index (χ2n) is 6.02. The lowest BCUT2D eigenvalue weighted by atomic mass is 9.73. The highest BCUT2D eigenvalue weighted by molar-refractivity contribution is 7.99. The van der Waals surface area contributed by atoms with Gasteiger partial charge in [-0.15, -0.1) is 0 Å². The molecule has 2 aliphatic rings. The van der Waals surface area contributed by atoms with Gasteiger partial charge in [-0.2, -0.15) is 11.8 Å². The first-order valence-corrected chi connectivity index (χ1v) is 8.34. The van der Waals surface area contributed by atoms with Crippen molar-refractivity contribution in [2.75, 3.05) is 38.7 Å². The van der Waals surface area contributed by atoms with Crippen LogP contribution in [0.25, 0.3) is 0 Å². The summed E-state index contributed by atoms with van der Waals surface area (Å²) in [6.45, 7) is 2.51. The van der Waals surface area contributed by atoms with Crippen LogP contribution in [-0.2, 0) is 0 Å². The summed E-state index contributed by atoms with van der Waals surface area (Å²) in [7, 11) is 4.46. The zero-order valence-corrected chi connectivity index (χ0v) is 12.3. The number of hydrogen-bond donors (Lipinski definition) is 1. The SMILES string of the molecule is CNCC1(CN(C)C2CCSC2)CCCCC1. The lowest BCUT2D eigenvalue weighted by Gasteiger charge is -2.41. The summed E-state index contributed by atoms with van der Waals surface area (Å²) in [5.74, 6) is 2.72. The first-order chi connectivity index (χ1) is 8.26. The Balaban J connectivity index is 1.91. The molecule has 17 heavy (non-hydrogen) atoms. The third-order valence-electron chi connectivity index (χ3n) is 4.58. The molecule has 0 radical (unpaired) electrons. The molecule has 2 fully saturated rings. The Hall–Kier alpha value is 0.270. The van der Waals surface area contributed by atoms with Crippen LogP contribution in [0.15, 0.2) is 0 Å². The molecule has 3 heteroatoms. The fraction of sp³-hybridized carbons (Fsp3) is 1.00. The second kappa shape index (κ2) is 6.44. The Kier molecular flexibility index (Phi) is 5.19. The van der Waals surface area contributed by atoms with E-state index in [2.05, 4.69) is 36.1 Å². The Morgan fingerprint density at radius 2 is 2.06 bits per heavy atom. The molecule has 0 aromatic carbocycles. The van der Waals surface area contributed by atoms with E-state index in [9.17, 15) is 0 Å². The quantitative estimate of drug-likeness (QED) is 0.814. The average Bonchev–Trinajstić information content (AvgIpc) is 2.84. The van der Waals surface area contributed by atoms with E-state index >= 15 is 0 Å². The highest BCUT2D eigenvalue weighted by Crippen LogP contribution is 2.37. The van der Waals surface area contributed by atoms with Crippen LogP contribution in [0.3, 0.4) is 0 Å². The Morgan fingerprint density at radius 3 is 2.65 bits per heavy atom. The molecule has 0 bridgehead atoms. The number of nitrogens with one attached hydrogen (secondary N) is 1. The molecule has 1 saturated carbocycles. The monoisotopic (exact) mass is 256 g/mol. The van der Waals surface area contributed by atoms with Gasteiger partial charge in [0.25, 0.3) is 0 Å². The largest absolute Gasteiger partial charge is 0.319 e. The van der Waals surface area contributed by atoms with Gasteiger partial charge in [-0.05, 0) is 44.5 Å². The van der Waals surface area contributed by atoms with Crippen molar-refractivity contribution in [1.29, 1.82) is 0 Å². The summed E-state index contributed by atoms with van der Waals surface area (Å²) in [6.07, 6.45) is 8.59. The van der Waals surface area contributed by atoms with E-state index in [0.29, 0.717) is 5.41 Å². The molecular formula is C14H28N2S. The van der Waals surface area contributed by atoms with Gasteiger partial charge in [0.2, 0.25) is 0 Å². The maximum absolute atomic E-state index is 3.44. The molecule has 2 nitrogen and oxygen atoms in total. The van der Waals surface area contributed by atoms with Crippen molar-refractivity contribution in [1.82, 2.24) is 10.2 Å². The molecule has 100 valence electrons. The van der Waals surface area contributed by atoms with Gasteiger partial charge in [0.05, 0.1) is 0 Å². The number of hydrogen-bond acceptors (Lipinski definition) is 3. The zero-order valence-electron chi connectivity index (χ0n) is 11.5. The van der Waals surface area contributed by atoms with Crippen molar-refractivity contribution in [3.63, 3.8) is 0 Å². The van der Waals surface area contributed by atoms with E-state index in [0.717, 1.165) is 6.04 Å². The van der Waals surface area contributed by atoms with Gasteiger partial charge in [0.1, 0.15) is 0 Å². The standard InChI is InChI=1S/C14H28N2S/c1-15-11-14(7-4-3-5-8-14)12-16(2)13-6-9-17-10-13/h13,15H,3-12H2,1-2H3. The molecule has 0 aromatic rings. The molecule has 1 aliphatic carbocycles. The van der Waals surface area contributed by atoms with Crippen LogP contribution < -0.4 is 5.32 Å². The third-order valence-corrected chi connectivity index (χ3v) is 5.72. The maximum atomic E-state index is 3.44. The van der Waals surface area contributed by atoms with Gasteiger partial charge >= 0.3 is 0 Å². The van der Waals surface area contributed by atoms with Crippen LogP contribution in [0, 0.1) is 5.41 Å². The van der Waals surface area contributed by atoms with E-state index in [-0.39, 0.29) is 0 Å². The van der Waals surface area contributed by atoms with E-state index in [4.69, 9.17) is 0 Å². The highest BCUT2D eigenvalue weighted by Gasteiger charge is 2.34. The zero-order chi connectivity index (χ0) is 12.1. The normalized spacial score (nSPS) is 28.8. The van der Waals surface area contributed by atoms with Crippen molar-refractivity contribution < 1.29 is 0 Å². The summed E-state index contributed by atoms with van der Waals surface area (Å²) < 4.78 is 0. The number of nitrogens with zero attached hydrogens (tertiary/aromatic N) is 1. The summed E-state index contributed by atoms with van der Waals surface area (Å²) in [5.41, 5.74) is 0.564. The average molecular weight is 256 g/mol. The summed E-state index contributed by atoms with van der Waals surface area (Å²) in [6, 6.07) is 0.843. The maximum Gasteiger partial charge on any atom is 0.0191 e. The van der Waals surface area contributed by atoms with Gasteiger partial charge in [0.15, 0.2) is 0 Å². The molecular weight excluding hydrogens is 228 g/mol. The van der Waals surface area contributed by atoms with Crippen LogP contribution in [0.1, 0.15) is 38.5 Å². The molecule has 0 amide bonds. The first kappa shape index (κ1) is 13.7. The third kappa shape index (κ3) is 3.62. The van der Waals surface area contributed by atoms with Gasteiger partial charge in [-0.3, -0.25) is 0 Å². The summed E-state index contributed by atoms with van der Waals surface area (Å²) in [4.78, 5) is 2.66. The molecule has 2 rings (SSSR count). The fourth-order valence-electron chi connectivity index (χ4n) is 3.60. The molecule has 0 aromatic heterocycles. The lowest BCUT2D eigenvalue weighted by Crippen LogP contribution is -2.46. The molecule has 1 unspecified atom stereocenters. The molecule has 1 aliphatic heterocycles. The molecule has 1 heterocycles. The van der Waals surface area contributed by atoms with Gasteiger partial charge < -0.3 is 10.2 Å². The smallest absolute Gasteiger partial charge is 0.0191 e. The van der Waals surface area contributed by atoms with Crippen molar-refractivity contribution in [2.24, 2.45) is 5.41 Å². The second-order valence-corrected chi connectivity index (χ2v) is 7.17. The van der Waals surface area contributed by atoms with Crippen molar-refractivity contribution in [3.8, 4) is 0 Å². The van der Waals surface area contributed by atoms with Crippen molar-refractivity contribution in [2.45, 2.75) is 44.6 Å². The Labute approximate surface area is 111 Å². The molecule has 1 N–H and O–H groups in total. The van der Waals surface area contributed by atoms with Crippen LogP contribution in [0.2, 0.25) is 0 Å². The lowest BCUT2D eigenvalue weighted by molar-refractivity contribution is 0.101. The van der Waals surface area contributed by atoms with E-state index in [1.54, 1.807) is 0 Å². The molecule has 1 saturated heterocycles. The van der Waals surface area contributed by atoms with Crippen LogP contribution in [0.5, 0.6) is 0 Å². The van der Waals surface area contributed by atoms with Crippen LogP contribution in [0.4, 0.5) is 0 Å². The predicted molar refractivity (Wildman–Crippen MR) is 77.8 cm³/mol. The van der Waals surface area contributed by atoms with Gasteiger partial charge in [-0.25, -0.2) is 0 Å². The van der Waals surface area contributed by atoms with Gasteiger partial charge in [-0.1, -0.05) is 19.3 Å². The predicted octanol–water partition coefficient (Wildman–Crippen LogP) is 2.59. The highest BCUT2D eigenvalue weighted by atomic mass is 32.2. The summed E-state index contributed by atoms with van der Waals surface area (Å²) >= 11 is 2.13. The minimum absolute atomic E-state index is 0.564.